The summed E-state index contributed by atoms with van der Waals surface area (Å²) < 4.78 is 13.1. The molecule has 0 saturated carbocycles. The maximum atomic E-state index is 5.93. The summed E-state index contributed by atoms with van der Waals surface area (Å²) in [6, 6.07) is 26.3. The smallest absolute Gasteiger partial charge is 0.212 e. The molecule has 4 aromatic rings. The summed E-state index contributed by atoms with van der Waals surface area (Å²) in [4.78, 5) is 0. The highest BCUT2D eigenvalue weighted by Crippen LogP contribution is 2.28. The zero-order chi connectivity index (χ0) is 22.0. The number of thioether (sulfide) groups is 1. The Balaban J connectivity index is 1.37. The fraction of sp³-hybridized carbons (Fsp3) is 0.160. The lowest BCUT2D eigenvalue weighted by atomic mass is 10.2. The molecule has 1 heterocycles. The molecule has 0 aliphatic heterocycles. The summed E-state index contributed by atoms with van der Waals surface area (Å²) >= 11 is 1.59. The quantitative estimate of drug-likeness (QED) is 0.252. The molecule has 0 amide bonds. The van der Waals surface area contributed by atoms with Crippen LogP contribution in [0.2, 0.25) is 0 Å². The molecule has 162 valence electrons. The standard InChI is InChI=1S/C25H24N4O2S/c1-30-24-16-22(12-13-23(24)31-15-14-20-8-4-2-5-9-20)17-27-29-19-26-28-25(29)32-18-21-10-6-3-7-11-21/h2-13,16-17,19H,14-15,18H2,1H3/b27-17-. The van der Waals surface area contributed by atoms with E-state index in [1.54, 1.807) is 36.1 Å². The van der Waals surface area contributed by atoms with Gasteiger partial charge in [-0.05, 0) is 34.9 Å². The van der Waals surface area contributed by atoms with Crippen molar-refractivity contribution in [3.05, 3.63) is 102 Å². The van der Waals surface area contributed by atoms with Gasteiger partial charge >= 0.3 is 0 Å². The molecular weight excluding hydrogens is 420 g/mol. The summed E-state index contributed by atoms with van der Waals surface area (Å²) in [5.74, 6) is 2.19. The molecule has 0 atom stereocenters. The van der Waals surface area contributed by atoms with E-state index in [1.165, 1.54) is 11.1 Å². The molecule has 3 aromatic carbocycles. The summed E-state index contributed by atoms with van der Waals surface area (Å²) in [5.41, 5.74) is 3.36. The summed E-state index contributed by atoms with van der Waals surface area (Å²) in [6.45, 7) is 0.580. The lowest BCUT2D eigenvalue weighted by Gasteiger charge is -2.11. The topological polar surface area (TPSA) is 61.5 Å². The SMILES string of the molecule is COc1cc(/C=N\n2cnnc2SCc2ccccc2)ccc1OCCc1ccccc1. The van der Waals surface area contributed by atoms with Crippen LogP contribution in [0.25, 0.3) is 0 Å². The van der Waals surface area contributed by atoms with Crippen LogP contribution in [0.5, 0.6) is 11.5 Å². The van der Waals surface area contributed by atoms with E-state index in [9.17, 15) is 0 Å². The molecule has 4 rings (SSSR count). The second-order valence-corrected chi connectivity index (χ2v) is 7.91. The minimum atomic E-state index is 0.580. The highest BCUT2D eigenvalue weighted by atomic mass is 32.2. The van der Waals surface area contributed by atoms with Crippen molar-refractivity contribution in [1.29, 1.82) is 0 Å². The van der Waals surface area contributed by atoms with E-state index >= 15 is 0 Å². The first-order valence-corrected chi connectivity index (χ1v) is 11.3. The molecule has 0 saturated heterocycles. The first-order valence-electron chi connectivity index (χ1n) is 10.3. The zero-order valence-electron chi connectivity index (χ0n) is 17.8. The lowest BCUT2D eigenvalue weighted by molar-refractivity contribution is 0.297. The van der Waals surface area contributed by atoms with Crippen molar-refractivity contribution < 1.29 is 9.47 Å². The Bertz CT molecular complexity index is 1150. The van der Waals surface area contributed by atoms with Crippen molar-refractivity contribution in [3.8, 4) is 11.5 Å². The number of ether oxygens (including phenoxy) is 2. The summed E-state index contributed by atoms with van der Waals surface area (Å²) in [7, 11) is 1.64. The molecule has 0 radical (unpaired) electrons. The van der Waals surface area contributed by atoms with Crippen LogP contribution in [0.1, 0.15) is 16.7 Å². The molecule has 0 N–H and O–H groups in total. The van der Waals surface area contributed by atoms with Crippen LogP contribution in [-0.4, -0.2) is 34.8 Å². The van der Waals surface area contributed by atoms with Gasteiger partial charge in [-0.1, -0.05) is 72.4 Å². The Hall–Kier alpha value is -3.58. The van der Waals surface area contributed by atoms with Gasteiger partial charge in [0.05, 0.1) is 19.9 Å². The Kier molecular flexibility index (Phi) is 7.55. The molecule has 0 aliphatic rings. The largest absolute Gasteiger partial charge is 0.493 e. The number of nitrogens with zero attached hydrogens (tertiary/aromatic N) is 4. The van der Waals surface area contributed by atoms with Gasteiger partial charge in [-0.15, -0.1) is 10.2 Å². The summed E-state index contributed by atoms with van der Waals surface area (Å²) in [5, 5.41) is 13.4. The Morgan fingerprint density at radius 3 is 2.44 bits per heavy atom. The van der Waals surface area contributed by atoms with Crippen molar-refractivity contribution in [2.45, 2.75) is 17.3 Å². The molecule has 1 aromatic heterocycles. The maximum Gasteiger partial charge on any atom is 0.212 e. The number of benzene rings is 3. The fourth-order valence-corrected chi connectivity index (χ4v) is 3.87. The van der Waals surface area contributed by atoms with E-state index in [0.29, 0.717) is 18.1 Å². The van der Waals surface area contributed by atoms with Crippen LogP contribution in [0, 0.1) is 0 Å². The lowest BCUT2D eigenvalue weighted by Crippen LogP contribution is -2.03. The van der Waals surface area contributed by atoms with Gasteiger partial charge < -0.3 is 9.47 Å². The van der Waals surface area contributed by atoms with Gasteiger partial charge in [0.1, 0.15) is 6.33 Å². The fourth-order valence-electron chi connectivity index (χ4n) is 3.05. The molecule has 0 spiro atoms. The van der Waals surface area contributed by atoms with Crippen molar-refractivity contribution in [2.75, 3.05) is 13.7 Å². The van der Waals surface area contributed by atoms with E-state index in [0.717, 1.165) is 22.9 Å². The van der Waals surface area contributed by atoms with Crippen molar-refractivity contribution >= 4 is 18.0 Å². The molecular formula is C25H24N4O2S. The highest BCUT2D eigenvalue weighted by molar-refractivity contribution is 7.98. The first-order chi connectivity index (χ1) is 15.8. The molecule has 0 fully saturated rings. The van der Waals surface area contributed by atoms with Crippen LogP contribution in [0.3, 0.4) is 0 Å². The second kappa shape index (κ2) is 11.2. The molecule has 7 heteroatoms. The predicted octanol–water partition coefficient (Wildman–Crippen LogP) is 5.08. The Morgan fingerprint density at radius 2 is 1.69 bits per heavy atom. The number of hydrogen-bond acceptors (Lipinski definition) is 6. The third-order valence-corrected chi connectivity index (χ3v) is 5.73. The molecule has 0 unspecified atom stereocenters. The van der Waals surface area contributed by atoms with Crippen LogP contribution >= 0.6 is 11.8 Å². The van der Waals surface area contributed by atoms with Gasteiger partial charge in [0.25, 0.3) is 0 Å². The van der Waals surface area contributed by atoms with Gasteiger partial charge in [-0.2, -0.15) is 9.78 Å². The Labute approximate surface area is 191 Å². The van der Waals surface area contributed by atoms with Crippen molar-refractivity contribution in [2.24, 2.45) is 5.10 Å². The van der Waals surface area contributed by atoms with Gasteiger partial charge in [0, 0.05) is 12.2 Å². The van der Waals surface area contributed by atoms with E-state index in [2.05, 4.69) is 39.6 Å². The number of hydrogen-bond donors (Lipinski definition) is 0. The highest BCUT2D eigenvalue weighted by Gasteiger charge is 2.07. The Morgan fingerprint density at radius 1 is 0.938 bits per heavy atom. The molecule has 0 bridgehead atoms. The van der Waals surface area contributed by atoms with E-state index in [1.807, 2.05) is 54.6 Å². The minimum Gasteiger partial charge on any atom is -0.493 e. The molecule has 32 heavy (non-hydrogen) atoms. The van der Waals surface area contributed by atoms with Gasteiger partial charge in [0.15, 0.2) is 11.5 Å². The van der Waals surface area contributed by atoms with E-state index in [4.69, 9.17) is 9.47 Å². The molecule has 0 aliphatic carbocycles. The number of aromatic nitrogens is 3. The van der Waals surface area contributed by atoms with Gasteiger partial charge in [-0.25, -0.2) is 0 Å². The normalized spacial score (nSPS) is 11.0. The van der Waals surface area contributed by atoms with Crippen LogP contribution in [0.4, 0.5) is 0 Å². The number of methoxy groups -OCH3 is 1. The van der Waals surface area contributed by atoms with Gasteiger partial charge in [0.2, 0.25) is 5.16 Å². The third-order valence-electron chi connectivity index (χ3n) is 4.72. The third kappa shape index (κ3) is 5.98. The zero-order valence-corrected chi connectivity index (χ0v) is 18.6. The average Bonchev–Trinajstić information content (AvgIpc) is 3.30. The van der Waals surface area contributed by atoms with E-state index < -0.39 is 0 Å². The molecule has 6 nitrogen and oxygen atoms in total. The van der Waals surface area contributed by atoms with Crippen LogP contribution in [0.15, 0.2) is 95.4 Å². The van der Waals surface area contributed by atoms with Crippen molar-refractivity contribution in [1.82, 2.24) is 14.9 Å². The second-order valence-electron chi connectivity index (χ2n) is 6.97. The van der Waals surface area contributed by atoms with Crippen molar-refractivity contribution in [3.63, 3.8) is 0 Å². The number of rotatable bonds is 10. The average molecular weight is 445 g/mol. The van der Waals surface area contributed by atoms with Crippen LogP contribution < -0.4 is 9.47 Å². The predicted molar refractivity (Wildman–Crippen MR) is 128 cm³/mol. The van der Waals surface area contributed by atoms with Gasteiger partial charge in [-0.3, -0.25) is 0 Å². The minimum absolute atomic E-state index is 0.580. The van der Waals surface area contributed by atoms with Crippen LogP contribution in [-0.2, 0) is 12.2 Å². The maximum absolute atomic E-state index is 5.93. The summed E-state index contributed by atoms with van der Waals surface area (Å²) in [6.07, 6.45) is 4.19. The first kappa shape index (κ1) is 21.6. The van der Waals surface area contributed by atoms with E-state index in [-0.39, 0.29) is 0 Å². The monoisotopic (exact) mass is 444 g/mol.